The molecule has 0 N–H and O–H groups in total. The molecule has 162 valence electrons. The second kappa shape index (κ2) is 8.05. The van der Waals surface area contributed by atoms with Gasteiger partial charge in [0, 0.05) is 18.7 Å². The van der Waals surface area contributed by atoms with E-state index in [9.17, 15) is 12.8 Å². The molecule has 0 bridgehead atoms. The highest BCUT2D eigenvalue weighted by Crippen LogP contribution is 2.36. The number of sulfonamides is 1. The number of hydrogen-bond acceptors (Lipinski definition) is 6. The van der Waals surface area contributed by atoms with Crippen LogP contribution in [0.25, 0.3) is 11.4 Å². The summed E-state index contributed by atoms with van der Waals surface area (Å²) in [6.45, 7) is 1.05. The van der Waals surface area contributed by atoms with Crippen molar-refractivity contribution in [2.24, 2.45) is 5.92 Å². The lowest BCUT2D eigenvalue weighted by atomic mass is 9.86. The van der Waals surface area contributed by atoms with Crippen LogP contribution in [-0.2, 0) is 10.0 Å². The molecule has 1 saturated carbocycles. The van der Waals surface area contributed by atoms with Crippen molar-refractivity contribution < 1.29 is 22.1 Å². The van der Waals surface area contributed by atoms with Crippen LogP contribution in [0, 0.1) is 11.7 Å². The quantitative estimate of drug-likeness (QED) is 0.552. The molecule has 1 saturated heterocycles. The molecular formula is C22H22FN3O4S. The SMILES string of the molecule is O=S(=O)(c1ccccc1OCC1CCC1)N1CC(c2nc(-c3ccc(F)cc3)no2)C1. The van der Waals surface area contributed by atoms with Crippen molar-refractivity contribution in [3.63, 3.8) is 0 Å². The zero-order valence-corrected chi connectivity index (χ0v) is 17.6. The molecule has 2 fully saturated rings. The number of benzene rings is 2. The Morgan fingerprint density at radius 3 is 2.55 bits per heavy atom. The Balaban J connectivity index is 1.27. The van der Waals surface area contributed by atoms with Gasteiger partial charge in [0.25, 0.3) is 0 Å². The first kappa shape index (κ1) is 20.1. The fourth-order valence-electron chi connectivity index (χ4n) is 3.70. The van der Waals surface area contributed by atoms with Crippen molar-refractivity contribution in [1.29, 1.82) is 0 Å². The Morgan fingerprint density at radius 2 is 1.84 bits per heavy atom. The maximum absolute atomic E-state index is 13.1. The molecule has 0 amide bonds. The molecule has 1 aliphatic heterocycles. The summed E-state index contributed by atoms with van der Waals surface area (Å²) in [5, 5.41) is 3.94. The van der Waals surface area contributed by atoms with Crippen LogP contribution in [-0.4, -0.2) is 42.6 Å². The first-order valence-corrected chi connectivity index (χ1v) is 11.8. The summed E-state index contributed by atoms with van der Waals surface area (Å²) in [5.74, 6) is 1.11. The minimum absolute atomic E-state index is 0.181. The number of rotatable bonds is 7. The molecule has 1 aromatic heterocycles. The smallest absolute Gasteiger partial charge is 0.246 e. The van der Waals surface area contributed by atoms with E-state index in [1.54, 1.807) is 36.4 Å². The van der Waals surface area contributed by atoms with E-state index in [1.807, 2.05) is 0 Å². The first-order chi connectivity index (χ1) is 15.0. The van der Waals surface area contributed by atoms with Gasteiger partial charge in [0.15, 0.2) is 0 Å². The number of nitrogens with zero attached hydrogens (tertiary/aromatic N) is 3. The van der Waals surface area contributed by atoms with Crippen molar-refractivity contribution in [1.82, 2.24) is 14.4 Å². The van der Waals surface area contributed by atoms with E-state index in [-0.39, 0.29) is 29.7 Å². The highest BCUT2D eigenvalue weighted by molar-refractivity contribution is 7.89. The van der Waals surface area contributed by atoms with Gasteiger partial charge in [-0.15, -0.1) is 0 Å². The molecule has 1 aliphatic carbocycles. The lowest BCUT2D eigenvalue weighted by molar-refractivity contribution is 0.176. The predicted molar refractivity (Wildman–Crippen MR) is 110 cm³/mol. The lowest BCUT2D eigenvalue weighted by Crippen LogP contribution is -2.48. The van der Waals surface area contributed by atoms with Crippen LogP contribution in [0.5, 0.6) is 5.75 Å². The van der Waals surface area contributed by atoms with E-state index >= 15 is 0 Å². The zero-order chi connectivity index (χ0) is 21.4. The van der Waals surface area contributed by atoms with Crippen LogP contribution >= 0.6 is 0 Å². The molecule has 2 aromatic carbocycles. The van der Waals surface area contributed by atoms with Gasteiger partial charge in [-0.1, -0.05) is 23.7 Å². The van der Waals surface area contributed by atoms with Gasteiger partial charge in [-0.3, -0.25) is 0 Å². The molecule has 3 aromatic rings. The van der Waals surface area contributed by atoms with Crippen LogP contribution in [0.1, 0.15) is 31.1 Å². The standard InChI is InChI=1S/C22H22FN3O4S/c23-18-10-8-16(9-11-18)21-24-22(30-25-21)17-12-26(13-17)31(27,28)20-7-2-1-6-19(20)29-14-15-4-3-5-15/h1-2,6-11,15,17H,3-5,12-14H2. The topological polar surface area (TPSA) is 85.5 Å². The fraction of sp³-hybridized carbons (Fsp3) is 0.364. The number of halogens is 1. The molecule has 0 spiro atoms. The second-order valence-electron chi connectivity index (χ2n) is 8.04. The Hall–Kier alpha value is -2.78. The first-order valence-electron chi connectivity index (χ1n) is 10.3. The van der Waals surface area contributed by atoms with Crippen LogP contribution in [0.4, 0.5) is 4.39 Å². The zero-order valence-electron chi connectivity index (χ0n) is 16.8. The third-order valence-corrected chi connectivity index (χ3v) is 7.78. The third-order valence-electron chi connectivity index (χ3n) is 5.91. The van der Waals surface area contributed by atoms with E-state index in [0.29, 0.717) is 35.6 Å². The van der Waals surface area contributed by atoms with Crippen molar-refractivity contribution >= 4 is 10.0 Å². The summed E-state index contributed by atoms with van der Waals surface area (Å²) in [6, 6.07) is 12.6. The summed E-state index contributed by atoms with van der Waals surface area (Å²) in [7, 11) is -3.68. The van der Waals surface area contributed by atoms with Crippen molar-refractivity contribution in [2.75, 3.05) is 19.7 Å². The van der Waals surface area contributed by atoms with E-state index in [1.165, 1.54) is 22.9 Å². The van der Waals surface area contributed by atoms with Crippen molar-refractivity contribution in [3.05, 3.63) is 60.2 Å². The fourth-order valence-corrected chi connectivity index (χ4v) is 5.36. The maximum atomic E-state index is 13.1. The molecule has 9 heteroatoms. The average molecular weight is 444 g/mol. The van der Waals surface area contributed by atoms with Gasteiger partial charge in [-0.2, -0.15) is 9.29 Å². The Bertz CT molecular complexity index is 1170. The number of hydrogen-bond donors (Lipinski definition) is 0. The molecular weight excluding hydrogens is 421 g/mol. The largest absolute Gasteiger partial charge is 0.492 e. The Kier molecular flexibility index (Phi) is 5.23. The van der Waals surface area contributed by atoms with Gasteiger partial charge >= 0.3 is 0 Å². The highest BCUT2D eigenvalue weighted by Gasteiger charge is 2.41. The molecule has 5 rings (SSSR count). The normalized spacial score (nSPS) is 17.8. The Labute approximate surface area is 179 Å². The van der Waals surface area contributed by atoms with Crippen LogP contribution in [0.15, 0.2) is 57.9 Å². The summed E-state index contributed by atoms with van der Waals surface area (Å²) in [6.07, 6.45) is 3.47. The highest BCUT2D eigenvalue weighted by atomic mass is 32.2. The number of para-hydroxylation sites is 1. The maximum Gasteiger partial charge on any atom is 0.246 e. The van der Waals surface area contributed by atoms with E-state index in [4.69, 9.17) is 9.26 Å². The lowest BCUT2D eigenvalue weighted by Gasteiger charge is -2.36. The molecule has 31 heavy (non-hydrogen) atoms. The minimum Gasteiger partial charge on any atom is -0.492 e. The predicted octanol–water partition coefficient (Wildman–Crippen LogP) is 3.84. The van der Waals surface area contributed by atoms with Gasteiger partial charge in [-0.05, 0) is 55.2 Å². The van der Waals surface area contributed by atoms with Gasteiger partial charge in [0.05, 0.1) is 12.5 Å². The van der Waals surface area contributed by atoms with Crippen molar-refractivity contribution in [2.45, 2.75) is 30.1 Å². The van der Waals surface area contributed by atoms with Crippen LogP contribution < -0.4 is 4.74 Å². The van der Waals surface area contributed by atoms with E-state index < -0.39 is 10.0 Å². The van der Waals surface area contributed by atoms with E-state index in [2.05, 4.69) is 10.1 Å². The molecule has 2 aliphatic rings. The average Bonchev–Trinajstić information content (AvgIpc) is 3.16. The summed E-state index contributed by atoms with van der Waals surface area (Å²) >= 11 is 0. The molecule has 7 nitrogen and oxygen atoms in total. The van der Waals surface area contributed by atoms with Gasteiger partial charge in [0.1, 0.15) is 16.5 Å². The molecule has 0 radical (unpaired) electrons. The summed E-state index contributed by atoms with van der Waals surface area (Å²) < 4.78 is 51.9. The van der Waals surface area contributed by atoms with Gasteiger partial charge in [0.2, 0.25) is 21.7 Å². The van der Waals surface area contributed by atoms with Crippen molar-refractivity contribution in [3.8, 4) is 17.1 Å². The van der Waals surface area contributed by atoms with Gasteiger partial charge in [-0.25, -0.2) is 12.8 Å². The second-order valence-corrected chi connectivity index (χ2v) is 9.94. The number of aromatic nitrogens is 2. The molecule has 2 heterocycles. The van der Waals surface area contributed by atoms with Crippen LogP contribution in [0.3, 0.4) is 0 Å². The van der Waals surface area contributed by atoms with E-state index in [0.717, 1.165) is 12.8 Å². The monoisotopic (exact) mass is 443 g/mol. The number of ether oxygens (including phenoxy) is 1. The van der Waals surface area contributed by atoms with Gasteiger partial charge < -0.3 is 9.26 Å². The summed E-state index contributed by atoms with van der Waals surface area (Å²) in [5.41, 5.74) is 0.637. The summed E-state index contributed by atoms with van der Waals surface area (Å²) in [4.78, 5) is 4.54. The third kappa shape index (κ3) is 3.95. The minimum atomic E-state index is -3.68. The Morgan fingerprint density at radius 1 is 1.10 bits per heavy atom. The van der Waals surface area contributed by atoms with Crippen LogP contribution in [0.2, 0.25) is 0 Å². The molecule has 0 atom stereocenters. The molecule has 0 unspecified atom stereocenters.